The van der Waals surface area contributed by atoms with Crippen molar-refractivity contribution < 1.29 is 23.1 Å². The minimum atomic E-state index is -1.13. The number of nitrogens with one attached hydrogen (secondary N) is 1. The molecular formula is C20H21F2NO3. The van der Waals surface area contributed by atoms with Gasteiger partial charge in [0, 0.05) is 11.8 Å². The lowest BCUT2D eigenvalue weighted by molar-refractivity contribution is -0.123. The third-order valence-electron chi connectivity index (χ3n) is 4.11. The van der Waals surface area contributed by atoms with Gasteiger partial charge in [-0.25, -0.2) is 13.6 Å². The first-order valence-electron chi connectivity index (χ1n) is 8.38. The standard InChI is InChI=1S/C20H21F2NO3/c1-4-12(2)17-7-5-6-8-18(17)23-19(24)13(3)26-20(25)14-9-15(21)11-16(22)10-14/h5-13H,4H2,1-3H3,(H,23,24)/t12-,13-/m1/s1. The van der Waals surface area contributed by atoms with Crippen LogP contribution >= 0.6 is 0 Å². The molecule has 2 atom stereocenters. The van der Waals surface area contributed by atoms with E-state index >= 15 is 0 Å². The van der Waals surface area contributed by atoms with Crippen molar-refractivity contribution in [2.45, 2.75) is 39.2 Å². The first-order valence-corrected chi connectivity index (χ1v) is 8.38. The van der Waals surface area contributed by atoms with E-state index < -0.39 is 29.6 Å². The number of para-hydroxylation sites is 1. The van der Waals surface area contributed by atoms with E-state index in [1.807, 2.05) is 26.0 Å². The monoisotopic (exact) mass is 361 g/mol. The molecule has 0 saturated heterocycles. The van der Waals surface area contributed by atoms with Crippen LogP contribution in [-0.4, -0.2) is 18.0 Å². The van der Waals surface area contributed by atoms with E-state index in [1.165, 1.54) is 6.92 Å². The Labute approximate surface area is 151 Å². The Kier molecular flexibility index (Phi) is 6.44. The quantitative estimate of drug-likeness (QED) is 0.761. The van der Waals surface area contributed by atoms with E-state index in [-0.39, 0.29) is 11.5 Å². The van der Waals surface area contributed by atoms with Crippen molar-refractivity contribution in [1.82, 2.24) is 0 Å². The summed E-state index contributed by atoms with van der Waals surface area (Å²) in [6, 6.07) is 9.75. The van der Waals surface area contributed by atoms with Gasteiger partial charge in [0.2, 0.25) is 0 Å². The van der Waals surface area contributed by atoms with Gasteiger partial charge in [-0.15, -0.1) is 0 Å². The number of esters is 1. The fourth-order valence-corrected chi connectivity index (χ4v) is 2.45. The summed E-state index contributed by atoms with van der Waals surface area (Å²) in [6.45, 7) is 5.49. The van der Waals surface area contributed by atoms with Gasteiger partial charge in [-0.3, -0.25) is 4.79 Å². The van der Waals surface area contributed by atoms with Gasteiger partial charge in [-0.05, 0) is 43.0 Å². The van der Waals surface area contributed by atoms with Crippen molar-refractivity contribution in [3.05, 3.63) is 65.2 Å². The van der Waals surface area contributed by atoms with Crippen molar-refractivity contribution in [3.63, 3.8) is 0 Å². The predicted octanol–water partition coefficient (Wildman–Crippen LogP) is 4.66. The Bertz CT molecular complexity index is 787. The maximum absolute atomic E-state index is 13.2. The number of carbonyl (C=O) groups is 2. The molecule has 0 heterocycles. The van der Waals surface area contributed by atoms with Crippen LogP contribution in [-0.2, 0) is 9.53 Å². The van der Waals surface area contributed by atoms with Gasteiger partial charge in [-0.1, -0.05) is 32.0 Å². The molecule has 0 spiro atoms. The Morgan fingerprint density at radius 2 is 1.69 bits per heavy atom. The number of anilines is 1. The summed E-state index contributed by atoms with van der Waals surface area (Å²) in [5.41, 5.74) is 1.34. The third kappa shape index (κ3) is 4.88. The van der Waals surface area contributed by atoms with Crippen molar-refractivity contribution in [2.75, 3.05) is 5.32 Å². The maximum atomic E-state index is 13.2. The van der Waals surface area contributed by atoms with Crippen LogP contribution in [0.5, 0.6) is 0 Å². The summed E-state index contributed by atoms with van der Waals surface area (Å²) < 4.78 is 31.4. The molecule has 0 aliphatic carbocycles. The molecule has 26 heavy (non-hydrogen) atoms. The molecule has 0 aliphatic rings. The van der Waals surface area contributed by atoms with Crippen molar-refractivity contribution in [3.8, 4) is 0 Å². The Balaban J connectivity index is 2.07. The van der Waals surface area contributed by atoms with Crippen LogP contribution in [0.3, 0.4) is 0 Å². The largest absolute Gasteiger partial charge is 0.449 e. The molecule has 0 bridgehead atoms. The third-order valence-corrected chi connectivity index (χ3v) is 4.11. The van der Waals surface area contributed by atoms with Gasteiger partial charge in [0.1, 0.15) is 11.6 Å². The Hall–Kier alpha value is -2.76. The second kappa shape index (κ2) is 8.56. The zero-order valence-electron chi connectivity index (χ0n) is 14.9. The molecule has 0 aliphatic heterocycles. The summed E-state index contributed by atoms with van der Waals surface area (Å²) >= 11 is 0. The molecule has 0 saturated carbocycles. The summed E-state index contributed by atoms with van der Waals surface area (Å²) in [4.78, 5) is 24.3. The molecular weight excluding hydrogens is 340 g/mol. The van der Waals surface area contributed by atoms with Crippen molar-refractivity contribution in [1.29, 1.82) is 0 Å². The highest BCUT2D eigenvalue weighted by Crippen LogP contribution is 2.26. The van der Waals surface area contributed by atoms with E-state index in [1.54, 1.807) is 12.1 Å². The summed E-state index contributed by atoms with van der Waals surface area (Å²) in [6.07, 6.45) is -0.221. The molecule has 6 heteroatoms. The summed E-state index contributed by atoms with van der Waals surface area (Å²) in [5.74, 6) is -3.03. The molecule has 1 N–H and O–H groups in total. The highest BCUT2D eigenvalue weighted by molar-refractivity contribution is 5.97. The molecule has 138 valence electrons. The fourth-order valence-electron chi connectivity index (χ4n) is 2.45. The van der Waals surface area contributed by atoms with Gasteiger partial charge in [0.25, 0.3) is 5.91 Å². The molecule has 4 nitrogen and oxygen atoms in total. The van der Waals surface area contributed by atoms with Gasteiger partial charge < -0.3 is 10.1 Å². The molecule has 0 fully saturated rings. The van der Waals surface area contributed by atoms with Gasteiger partial charge in [-0.2, -0.15) is 0 Å². The molecule has 0 unspecified atom stereocenters. The zero-order valence-corrected chi connectivity index (χ0v) is 14.9. The van der Waals surface area contributed by atoms with Gasteiger partial charge >= 0.3 is 5.97 Å². The molecule has 2 aromatic carbocycles. The minimum absolute atomic E-state index is 0.250. The van der Waals surface area contributed by atoms with Gasteiger partial charge in [0.15, 0.2) is 6.10 Å². The lowest BCUT2D eigenvalue weighted by atomic mass is 9.97. The molecule has 2 aromatic rings. The van der Waals surface area contributed by atoms with Crippen LogP contribution in [0.15, 0.2) is 42.5 Å². The average molecular weight is 361 g/mol. The molecule has 2 rings (SSSR count). The van der Waals surface area contributed by atoms with Crippen LogP contribution in [0.4, 0.5) is 14.5 Å². The summed E-state index contributed by atoms with van der Waals surface area (Å²) in [7, 11) is 0. The lowest BCUT2D eigenvalue weighted by Gasteiger charge is -2.18. The number of benzene rings is 2. The second-order valence-electron chi connectivity index (χ2n) is 6.09. The number of amides is 1. The van der Waals surface area contributed by atoms with E-state index in [9.17, 15) is 18.4 Å². The Morgan fingerprint density at radius 1 is 1.08 bits per heavy atom. The molecule has 0 radical (unpaired) electrons. The van der Waals surface area contributed by atoms with Crippen LogP contribution in [0.1, 0.15) is 49.0 Å². The van der Waals surface area contributed by atoms with Crippen LogP contribution in [0.2, 0.25) is 0 Å². The first-order chi connectivity index (χ1) is 12.3. The first kappa shape index (κ1) is 19.6. The zero-order chi connectivity index (χ0) is 19.3. The average Bonchev–Trinajstić information content (AvgIpc) is 2.60. The molecule has 0 aromatic heterocycles. The topological polar surface area (TPSA) is 55.4 Å². The van der Waals surface area contributed by atoms with E-state index in [4.69, 9.17) is 4.74 Å². The minimum Gasteiger partial charge on any atom is -0.449 e. The highest BCUT2D eigenvalue weighted by Gasteiger charge is 2.21. The number of hydrogen-bond donors (Lipinski definition) is 1. The highest BCUT2D eigenvalue weighted by atomic mass is 19.1. The fraction of sp³-hybridized carbons (Fsp3) is 0.300. The number of hydrogen-bond acceptors (Lipinski definition) is 3. The van der Waals surface area contributed by atoms with Crippen molar-refractivity contribution in [2.24, 2.45) is 0 Å². The summed E-state index contributed by atoms with van der Waals surface area (Å²) in [5, 5.41) is 2.74. The maximum Gasteiger partial charge on any atom is 0.339 e. The number of halogens is 2. The second-order valence-corrected chi connectivity index (χ2v) is 6.09. The predicted molar refractivity (Wildman–Crippen MR) is 95.0 cm³/mol. The van der Waals surface area contributed by atoms with Crippen LogP contribution < -0.4 is 5.32 Å². The molecule has 1 amide bonds. The normalized spacial score (nSPS) is 13.0. The number of ether oxygens (including phenoxy) is 1. The van der Waals surface area contributed by atoms with Crippen LogP contribution in [0, 0.1) is 11.6 Å². The van der Waals surface area contributed by atoms with E-state index in [0.717, 1.165) is 24.1 Å². The smallest absolute Gasteiger partial charge is 0.339 e. The Morgan fingerprint density at radius 3 is 2.31 bits per heavy atom. The van der Waals surface area contributed by atoms with Gasteiger partial charge in [0.05, 0.1) is 5.56 Å². The van der Waals surface area contributed by atoms with Crippen molar-refractivity contribution >= 4 is 17.6 Å². The lowest BCUT2D eigenvalue weighted by Crippen LogP contribution is -2.30. The number of rotatable bonds is 6. The SMILES string of the molecule is CC[C@@H](C)c1ccccc1NC(=O)[C@@H](C)OC(=O)c1cc(F)cc(F)c1. The van der Waals surface area contributed by atoms with E-state index in [2.05, 4.69) is 5.32 Å². The van der Waals surface area contributed by atoms with Crippen LogP contribution in [0.25, 0.3) is 0 Å². The number of carbonyl (C=O) groups excluding carboxylic acids is 2. The van der Waals surface area contributed by atoms with E-state index in [0.29, 0.717) is 11.8 Å².